The Hall–Kier alpha value is -1.38. The average molecular weight is 267 g/mol. The van der Waals surface area contributed by atoms with E-state index < -0.39 is 0 Å². The molecule has 105 valence electrons. The van der Waals surface area contributed by atoms with Gasteiger partial charge in [0.1, 0.15) is 0 Å². The maximum absolute atomic E-state index is 3.60. The number of H-pyrrole nitrogens is 2. The van der Waals surface area contributed by atoms with Crippen LogP contribution in [0.15, 0.2) is 0 Å². The molecule has 2 aromatic heterocycles. The van der Waals surface area contributed by atoms with Crippen molar-refractivity contribution in [3.05, 3.63) is 22.5 Å². The second kappa shape index (κ2) is 4.87. The van der Waals surface area contributed by atoms with E-state index in [9.17, 15) is 0 Å². The van der Waals surface area contributed by atoms with Crippen molar-refractivity contribution in [2.75, 3.05) is 0 Å². The molecule has 0 saturated heterocycles. The van der Waals surface area contributed by atoms with Crippen molar-refractivity contribution in [1.29, 1.82) is 0 Å². The maximum Gasteiger partial charge on any atom is 0.198 e. The van der Waals surface area contributed by atoms with Gasteiger partial charge in [0.15, 0.2) is 7.28 Å². The molecule has 0 bridgehead atoms. The fraction of sp³-hybridized carbons (Fsp3) is 0.529. The minimum Gasteiger partial charge on any atom is -0.358 e. The summed E-state index contributed by atoms with van der Waals surface area (Å²) in [5, 5.41) is 0. The normalized spacial score (nSPS) is 12.7. The van der Waals surface area contributed by atoms with Gasteiger partial charge < -0.3 is 9.97 Å². The maximum atomic E-state index is 3.60. The fourth-order valence-corrected chi connectivity index (χ4v) is 3.31. The number of aryl methyl sites for hydroxylation is 2. The van der Waals surface area contributed by atoms with Crippen LogP contribution in [-0.4, -0.2) is 17.2 Å². The molecule has 0 unspecified atom stereocenters. The molecule has 2 N–H and O–H groups in total. The highest BCUT2D eigenvalue weighted by molar-refractivity contribution is 6.74. The Labute approximate surface area is 122 Å². The second-order valence-corrected chi connectivity index (χ2v) is 6.61. The highest BCUT2D eigenvalue weighted by atomic mass is 14.8. The van der Waals surface area contributed by atoms with Crippen LogP contribution in [0, 0.1) is 26.7 Å². The van der Waals surface area contributed by atoms with E-state index in [4.69, 9.17) is 0 Å². The third kappa shape index (κ3) is 2.04. The molecule has 0 fully saturated rings. The van der Waals surface area contributed by atoms with Crippen LogP contribution in [0.3, 0.4) is 0 Å². The zero-order valence-electron chi connectivity index (χ0n) is 13.3. The van der Waals surface area contributed by atoms with E-state index in [1.54, 1.807) is 0 Å². The van der Waals surface area contributed by atoms with E-state index in [1.165, 1.54) is 64.1 Å². The molecule has 20 heavy (non-hydrogen) atoms. The molecule has 2 nitrogen and oxygen atoms in total. The third-order valence-electron chi connectivity index (χ3n) is 4.65. The summed E-state index contributed by atoms with van der Waals surface area (Å²) in [6, 6.07) is 0. The molecule has 1 aliphatic heterocycles. The van der Waals surface area contributed by atoms with Gasteiger partial charge in [-0.25, -0.2) is 0 Å². The van der Waals surface area contributed by atoms with Crippen LogP contribution in [0.25, 0.3) is 11.4 Å². The minimum atomic E-state index is 0.795. The summed E-state index contributed by atoms with van der Waals surface area (Å²) in [5.41, 5.74) is 10.9. The summed E-state index contributed by atoms with van der Waals surface area (Å²) in [5.74, 6) is 0.795. The van der Waals surface area contributed by atoms with Crippen LogP contribution in [0.2, 0.25) is 0 Å². The first-order chi connectivity index (χ1) is 9.49. The quantitative estimate of drug-likeness (QED) is 0.681. The smallest absolute Gasteiger partial charge is 0.198 e. The van der Waals surface area contributed by atoms with Gasteiger partial charge in [-0.2, -0.15) is 0 Å². The Bertz CT molecular complexity index is 646. The predicted molar refractivity (Wildman–Crippen MR) is 87.6 cm³/mol. The molecule has 0 aromatic carbocycles. The molecule has 2 aromatic rings. The van der Waals surface area contributed by atoms with Gasteiger partial charge in [0, 0.05) is 11.4 Å². The largest absolute Gasteiger partial charge is 0.358 e. The first-order valence-electron chi connectivity index (χ1n) is 7.74. The van der Waals surface area contributed by atoms with Gasteiger partial charge in [-0.3, -0.25) is 0 Å². The van der Waals surface area contributed by atoms with Crippen LogP contribution < -0.4 is 10.9 Å². The molecule has 3 heterocycles. The average Bonchev–Trinajstić information content (AvgIpc) is 2.95. The van der Waals surface area contributed by atoms with Crippen LogP contribution in [0.5, 0.6) is 0 Å². The lowest BCUT2D eigenvalue weighted by atomic mass is 9.65. The number of nitrogens with one attached hydrogen (secondary N) is 2. The summed E-state index contributed by atoms with van der Waals surface area (Å²) in [6.07, 6.45) is 3.78. The van der Waals surface area contributed by atoms with Crippen molar-refractivity contribution in [3.63, 3.8) is 0 Å². The van der Waals surface area contributed by atoms with Gasteiger partial charge in [0.2, 0.25) is 0 Å². The van der Waals surface area contributed by atoms with Crippen molar-refractivity contribution in [2.45, 2.75) is 53.9 Å². The molecule has 0 amide bonds. The zero-order chi connectivity index (χ0) is 14.4. The standard InChI is InChI=1S/C17H24BN2/c1-9(2)7-6-8-13-12(5)20-17-15(13)18-14-10(3)11(4)19-16(14)17/h9,19-20H,6-8H2,1-5H3. The lowest BCUT2D eigenvalue weighted by molar-refractivity contribution is 0.556. The van der Waals surface area contributed by atoms with E-state index in [-0.39, 0.29) is 0 Å². The van der Waals surface area contributed by atoms with Gasteiger partial charge in [0.25, 0.3) is 0 Å². The van der Waals surface area contributed by atoms with Crippen molar-refractivity contribution in [1.82, 2.24) is 9.97 Å². The Kier molecular flexibility index (Phi) is 3.31. The summed E-state index contributed by atoms with van der Waals surface area (Å²) >= 11 is 0. The second-order valence-electron chi connectivity index (χ2n) is 6.61. The van der Waals surface area contributed by atoms with Gasteiger partial charge >= 0.3 is 0 Å². The van der Waals surface area contributed by atoms with Crippen LogP contribution in [0.1, 0.15) is 49.2 Å². The lowest BCUT2D eigenvalue weighted by Crippen LogP contribution is -2.25. The van der Waals surface area contributed by atoms with Gasteiger partial charge in [-0.1, -0.05) is 31.2 Å². The Morgan fingerprint density at radius 1 is 0.950 bits per heavy atom. The lowest BCUT2D eigenvalue weighted by Gasteiger charge is -2.06. The molecule has 0 saturated carbocycles. The number of fused-ring (bicyclic) bond motifs is 3. The molecule has 1 aliphatic rings. The van der Waals surface area contributed by atoms with E-state index in [1.807, 2.05) is 0 Å². The van der Waals surface area contributed by atoms with Crippen LogP contribution in [0.4, 0.5) is 0 Å². The van der Waals surface area contributed by atoms with Crippen LogP contribution in [-0.2, 0) is 6.42 Å². The first kappa shape index (κ1) is 13.6. The van der Waals surface area contributed by atoms with Crippen LogP contribution >= 0.6 is 0 Å². The highest BCUT2D eigenvalue weighted by Crippen LogP contribution is 2.25. The van der Waals surface area contributed by atoms with Gasteiger partial charge in [-0.15, -0.1) is 0 Å². The number of rotatable bonds is 4. The van der Waals surface area contributed by atoms with Crippen molar-refractivity contribution in [3.8, 4) is 11.4 Å². The molecule has 3 rings (SSSR count). The predicted octanol–water partition coefficient (Wildman–Crippen LogP) is 2.88. The molecule has 0 aliphatic carbocycles. The summed E-state index contributed by atoms with van der Waals surface area (Å²) in [4.78, 5) is 7.13. The molecule has 3 heteroatoms. The van der Waals surface area contributed by atoms with Crippen molar-refractivity contribution < 1.29 is 0 Å². The highest BCUT2D eigenvalue weighted by Gasteiger charge is 2.29. The number of hydrogen-bond donors (Lipinski definition) is 2. The first-order valence-corrected chi connectivity index (χ1v) is 7.74. The third-order valence-corrected chi connectivity index (χ3v) is 4.65. The molecular weight excluding hydrogens is 243 g/mol. The zero-order valence-corrected chi connectivity index (χ0v) is 13.3. The van der Waals surface area contributed by atoms with E-state index in [0.717, 1.165) is 5.92 Å². The molecular formula is C17H24BN2. The Balaban J connectivity index is 1.90. The monoisotopic (exact) mass is 267 g/mol. The number of aromatic amines is 2. The number of aromatic nitrogens is 2. The van der Waals surface area contributed by atoms with Crippen molar-refractivity contribution >= 4 is 18.2 Å². The molecule has 0 atom stereocenters. The molecule has 0 spiro atoms. The van der Waals surface area contributed by atoms with E-state index in [0.29, 0.717) is 0 Å². The Morgan fingerprint density at radius 3 is 2.30 bits per heavy atom. The number of hydrogen-bond acceptors (Lipinski definition) is 0. The molecule has 1 radical (unpaired) electrons. The van der Waals surface area contributed by atoms with E-state index in [2.05, 4.69) is 51.9 Å². The van der Waals surface area contributed by atoms with Gasteiger partial charge in [-0.05, 0) is 50.7 Å². The van der Waals surface area contributed by atoms with Gasteiger partial charge in [0.05, 0.1) is 11.4 Å². The minimum absolute atomic E-state index is 0.795. The summed E-state index contributed by atoms with van der Waals surface area (Å²) in [6.45, 7) is 11.2. The van der Waals surface area contributed by atoms with E-state index >= 15 is 0 Å². The SMILES string of the molecule is Cc1[nH]c2c(c1C)[B]c1c-2[nH]c(C)c1CCCC(C)C. The topological polar surface area (TPSA) is 31.6 Å². The fourth-order valence-electron chi connectivity index (χ4n) is 3.31. The van der Waals surface area contributed by atoms with Crippen molar-refractivity contribution in [2.24, 2.45) is 5.92 Å². The Morgan fingerprint density at radius 2 is 1.60 bits per heavy atom. The summed E-state index contributed by atoms with van der Waals surface area (Å²) < 4.78 is 0. The summed E-state index contributed by atoms with van der Waals surface area (Å²) in [7, 11) is 2.37.